The molecule has 0 saturated carbocycles. The van der Waals surface area contributed by atoms with E-state index >= 15 is 0 Å². The molecule has 2 amide bonds. The first kappa shape index (κ1) is 21.4. The number of hydrogen-bond acceptors (Lipinski definition) is 6. The van der Waals surface area contributed by atoms with Crippen molar-refractivity contribution in [3.63, 3.8) is 0 Å². The number of benzene rings is 1. The summed E-state index contributed by atoms with van der Waals surface area (Å²) in [6.45, 7) is 6.92. The Kier molecular flexibility index (Phi) is 6.97. The second kappa shape index (κ2) is 9.45. The second-order valence-electron chi connectivity index (χ2n) is 7.44. The maximum Gasteiger partial charge on any atom is 0.255 e. The van der Waals surface area contributed by atoms with Crippen molar-refractivity contribution in [1.29, 1.82) is 0 Å². The van der Waals surface area contributed by atoms with Crippen LogP contribution in [-0.2, 0) is 10.5 Å². The molecule has 1 aromatic heterocycles. The van der Waals surface area contributed by atoms with Gasteiger partial charge in [-0.25, -0.2) is 0 Å². The molecule has 0 radical (unpaired) electrons. The van der Waals surface area contributed by atoms with Crippen LogP contribution in [0.15, 0.2) is 33.7 Å². The van der Waals surface area contributed by atoms with Crippen LogP contribution in [0.1, 0.15) is 27.4 Å². The quantitative estimate of drug-likeness (QED) is 0.674. The molecule has 0 spiro atoms. The van der Waals surface area contributed by atoms with Gasteiger partial charge in [0, 0.05) is 56.5 Å². The van der Waals surface area contributed by atoms with Gasteiger partial charge < -0.3 is 14.3 Å². The molecule has 1 aliphatic rings. The van der Waals surface area contributed by atoms with E-state index in [0.29, 0.717) is 38.5 Å². The SMILES string of the molecule is Cc1noc(C)c1CSc1ccccc1C(=O)N1CCN(CC(=O)N(C)C)CC1. The van der Waals surface area contributed by atoms with Gasteiger partial charge in [-0.2, -0.15) is 0 Å². The molecule has 156 valence electrons. The Bertz CT molecular complexity index is 853. The third-order valence-corrected chi connectivity index (χ3v) is 6.29. The van der Waals surface area contributed by atoms with Crippen molar-refractivity contribution in [1.82, 2.24) is 19.9 Å². The van der Waals surface area contributed by atoms with E-state index < -0.39 is 0 Å². The number of likely N-dealkylation sites (N-methyl/N-ethyl adjacent to an activating group) is 1. The van der Waals surface area contributed by atoms with Crippen LogP contribution in [-0.4, -0.2) is 78.5 Å². The normalized spacial score (nSPS) is 14.8. The first-order valence-corrected chi connectivity index (χ1v) is 10.7. The molecule has 2 heterocycles. The van der Waals surface area contributed by atoms with Gasteiger partial charge >= 0.3 is 0 Å². The molecule has 0 unspecified atom stereocenters. The second-order valence-corrected chi connectivity index (χ2v) is 8.46. The molecule has 7 nitrogen and oxygen atoms in total. The number of nitrogens with zero attached hydrogens (tertiary/aromatic N) is 4. The molecule has 3 rings (SSSR count). The zero-order valence-corrected chi connectivity index (χ0v) is 18.3. The molecule has 1 aromatic carbocycles. The minimum Gasteiger partial charge on any atom is -0.361 e. The lowest BCUT2D eigenvalue weighted by Crippen LogP contribution is -2.51. The van der Waals surface area contributed by atoms with Crippen molar-refractivity contribution >= 4 is 23.6 Å². The minimum atomic E-state index is 0.0467. The molecule has 8 heteroatoms. The predicted octanol–water partition coefficient (Wildman–Crippen LogP) is 2.43. The minimum absolute atomic E-state index is 0.0467. The Morgan fingerprint density at radius 3 is 2.45 bits per heavy atom. The summed E-state index contributed by atoms with van der Waals surface area (Å²) in [6.07, 6.45) is 0. The summed E-state index contributed by atoms with van der Waals surface area (Å²) in [4.78, 5) is 31.6. The van der Waals surface area contributed by atoms with E-state index in [4.69, 9.17) is 4.52 Å². The van der Waals surface area contributed by atoms with Crippen LogP contribution in [0.2, 0.25) is 0 Å². The van der Waals surface area contributed by atoms with Crippen molar-refractivity contribution in [2.45, 2.75) is 24.5 Å². The Labute approximate surface area is 176 Å². The van der Waals surface area contributed by atoms with E-state index in [9.17, 15) is 9.59 Å². The molecule has 1 saturated heterocycles. The number of rotatable bonds is 6. The number of piperazine rings is 1. The summed E-state index contributed by atoms with van der Waals surface area (Å²) in [5, 5.41) is 4.00. The summed E-state index contributed by atoms with van der Waals surface area (Å²) in [5.74, 6) is 1.67. The lowest BCUT2D eigenvalue weighted by atomic mass is 10.2. The standard InChI is InChI=1S/C21H28N4O3S/c1-15-18(16(2)28-22-15)14-29-19-8-6-5-7-17(19)21(27)25-11-9-24(10-12-25)13-20(26)23(3)4/h5-8H,9-14H2,1-4H3. The summed E-state index contributed by atoms with van der Waals surface area (Å²) in [7, 11) is 3.53. The van der Waals surface area contributed by atoms with Gasteiger partial charge in [0.05, 0.1) is 17.8 Å². The van der Waals surface area contributed by atoms with Gasteiger partial charge in [-0.1, -0.05) is 17.3 Å². The molecule has 0 aliphatic carbocycles. The fraction of sp³-hybridized carbons (Fsp3) is 0.476. The lowest BCUT2D eigenvalue weighted by Gasteiger charge is -2.35. The zero-order valence-electron chi connectivity index (χ0n) is 17.5. The molecular formula is C21H28N4O3S. The maximum atomic E-state index is 13.1. The highest BCUT2D eigenvalue weighted by Gasteiger charge is 2.25. The molecule has 0 bridgehead atoms. The van der Waals surface area contributed by atoms with Crippen molar-refractivity contribution < 1.29 is 14.1 Å². The van der Waals surface area contributed by atoms with Crippen LogP contribution < -0.4 is 0 Å². The van der Waals surface area contributed by atoms with E-state index in [-0.39, 0.29) is 11.8 Å². The van der Waals surface area contributed by atoms with Crippen molar-refractivity contribution in [3.8, 4) is 0 Å². The number of hydrogen-bond donors (Lipinski definition) is 0. The first-order valence-electron chi connectivity index (χ1n) is 9.72. The molecule has 1 fully saturated rings. The summed E-state index contributed by atoms with van der Waals surface area (Å²) in [6, 6.07) is 7.73. The van der Waals surface area contributed by atoms with Gasteiger partial charge in [0.1, 0.15) is 5.76 Å². The van der Waals surface area contributed by atoms with Crippen LogP contribution in [0.5, 0.6) is 0 Å². The van der Waals surface area contributed by atoms with Crippen molar-refractivity contribution in [2.75, 3.05) is 46.8 Å². The number of carbonyl (C=O) groups is 2. The third kappa shape index (κ3) is 5.19. The monoisotopic (exact) mass is 416 g/mol. The summed E-state index contributed by atoms with van der Waals surface area (Å²) in [5.41, 5.74) is 2.70. The van der Waals surface area contributed by atoms with Crippen molar-refractivity contribution in [3.05, 3.63) is 46.8 Å². The van der Waals surface area contributed by atoms with Gasteiger partial charge in [0.2, 0.25) is 5.91 Å². The zero-order chi connectivity index (χ0) is 21.0. The first-order chi connectivity index (χ1) is 13.9. The molecule has 1 aliphatic heterocycles. The van der Waals surface area contributed by atoms with Crippen LogP contribution in [0, 0.1) is 13.8 Å². The predicted molar refractivity (Wildman–Crippen MR) is 113 cm³/mol. The van der Waals surface area contributed by atoms with Gasteiger partial charge in [0.25, 0.3) is 5.91 Å². The van der Waals surface area contributed by atoms with Gasteiger partial charge in [-0.15, -0.1) is 11.8 Å². The van der Waals surface area contributed by atoms with E-state index in [2.05, 4.69) is 10.1 Å². The van der Waals surface area contributed by atoms with E-state index in [1.165, 1.54) is 0 Å². The largest absolute Gasteiger partial charge is 0.361 e. The number of carbonyl (C=O) groups excluding carboxylic acids is 2. The number of aromatic nitrogens is 1. The third-order valence-electron chi connectivity index (χ3n) is 5.19. The molecule has 0 atom stereocenters. The average molecular weight is 417 g/mol. The number of aryl methyl sites for hydroxylation is 2. The Hall–Kier alpha value is -2.32. The topological polar surface area (TPSA) is 69.9 Å². The van der Waals surface area contributed by atoms with Gasteiger partial charge in [-0.05, 0) is 26.0 Å². The van der Waals surface area contributed by atoms with Gasteiger partial charge in [0.15, 0.2) is 0 Å². The molecule has 0 N–H and O–H groups in total. The Morgan fingerprint density at radius 2 is 1.83 bits per heavy atom. The highest BCUT2D eigenvalue weighted by molar-refractivity contribution is 7.98. The van der Waals surface area contributed by atoms with Crippen molar-refractivity contribution in [2.24, 2.45) is 0 Å². The van der Waals surface area contributed by atoms with Gasteiger partial charge in [-0.3, -0.25) is 14.5 Å². The van der Waals surface area contributed by atoms with E-state index in [0.717, 1.165) is 27.5 Å². The average Bonchev–Trinajstić information content (AvgIpc) is 3.04. The van der Waals surface area contributed by atoms with E-state index in [1.807, 2.05) is 43.0 Å². The highest BCUT2D eigenvalue weighted by Crippen LogP contribution is 2.29. The maximum absolute atomic E-state index is 13.1. The molecule has 2 aromatic rings. The van der Waals surface area contributed by atoms with Crippen LogP contribution >= 0.6 is 11.8 Å². The Morgan fingerprint density at radius 1 is 1.14 bits per heavy atom. The highest BCUT2D eigenvalue weighted by atomic mass is 32.2. The number of amides is 2. The Balaban J connectivity index is 1.62. The molecular weight excluding hydrogens is 388 g/mol. The fourth-order valence-electron chi connectivity index (χ4n) is 3.24. The summed E-state index contributed by atoms with van der Waals surface area (Å²) >= 11 is 1.63. The fourth-order valence-corrected chi connectivity index (χ4v) is 4.44. The van der Waals surface area contributed by atoms with Crippen LogP contribution in [0.25, 0.3) is 0 Å². The van der Waals surface area contributed by atoms with Crippen LogP contribution in [0.3, 0.4) is 0 Å². The van der Waals surface area contributed by atoms with Crippen LogP contribution in [0.4, 0.5) is 0 Å². The summed E-state index contributed by atoms with van der Waals surface area (Å²) < 4.78 is 5.24. The van der Waals surface area contributed by atoms with E-state index in [1.54, 1.807) is 30.8 Å². The number of thioether (sulfide) groups is 1. The smallest absolute Gasteiger partial charge is 0.255 e. The lowest BCUT2D eigenvalue weighted by molar-refractivity contribution is -0.130. The molecule has 29 heavy (non-hydrogen) atoms.